The first-order valence-corrected chi connectivity index (χ1v) is 8.90. The second kappa shape index (κ2) is 8.23. The Morgan fingerprint density at radius 2 is 1.65 bits per heavy atom. The molecule has 26 heavy (non-hydrogen) atoms. The van der Waals surface area contributed by atoms with Crippen molar-refractivity contribution >= 4 is 23.4 Å². The fraction of sp³-hybridized carbons (Fsp3) is 0.300. The van der Waals surface area contributed by atoms with Crippen LogP contribution in [0, 0.1) is 0 Å². The van der Waals surface area contributed by atoms with Gasteiger partial charge in [0.15, 0.2) is 0 Å². The van der Waals surface area contributed by atoms with Gasteiger partial charge in [-0.3, -0.25) is 9.59 Å². The molecule has 0 spiro atoms. The highest BCUT2D eigenvalue weighted by Gasteiger charge is 2.24. The van der Waals surface area contributed by atoms with Crippen molar-refractivity contribution in [1.29, 1.82) is 0 Å². The van der Waals surface area contributed by atoms with Gasteiger partial charge in [-0.05, 0) is 42.0 Å². The number of rotatable bonds is 4. The highest BCUT2D eigenvalue weighted by atomic mass is 35.5. The average molecular weight is 373 g/mol. The van der Waals surface area contributed by atoms with Gasteiger partial charge in [0.25, 0.3) is 5.91 Å². The monoisotopic (exact) mass is 372 g/mol. The Morgan fingerprint density at radius 3 is 2.31 bits per heavy atom. The number of benzene rings is 2. The quantitative estimate of drug-likeness (QED) is 0.829. The normalized spacial score (nSPS) is 14.2. The number of carbonyl (C=O) groups excluding carboxylic acids is 2. The Balaban J connectivity index is 1.55. The van der Waals surface area contributed by atoms with Crippen molar-refractivity contribution in [3.63, 3.8) is 0 Å². The second-order valence-electron chi connectivity index (χ2n) is 6.21. The summed E-state index contributed by atoms with van der Waals surface area (Å²) in [6.45, 7) is 2.15. The highest BCUT2D eigenvalue weighted by molar-refractivity contribution is 6.30. The SMILES string of the molecule is COc1cccc(CC(=O)N2CCN(C(=O)c3ccc(Cl)cc3)CC2)c1. The van der Waals surface area contributed by atoms with Crippen LogP contribution in [0.15, 0.2) is 48.5 Å². The van der Waals surface area contributed by atoms with Crippen LogP contribution < -0.4 is 4.74 Å². The fourth-order valence-corrected chi connectivity index (χ4v) is 3.13. The summed E-state index contributed by atoms with van der Waals surface area (Å²) >= 11 is 5.86. The lowest BCUT2D eigenvalue weighted by Crippen LogP contribution is -2.51. The van der Waals surface area contributed by atoms with E-state index in [-0.39, 0.29) is 11.8 Å². The van der Waals surface area contributed by atoms with Crippen LogP contribution in [0.5, 0.6) is 5.75 Å². The number of carbonyl (C=O) groups is 2. The maximum Gasteiger partial charge on any atom is 0.253 e. The lowest BCUT2D eigenvalue weighted by Gasteiger charge is -2.35. The van der Waals surface area contributed by atoms with Gasteiger partial charge in [-0.15, -0.1) is 0 Å². The minimum atomic E-state index is -0.0263. The zero-order valence-electron chi connectivity index (χ0n) is 14.7. The molecule has 0 aliphatic carbocycles. The first kappa shape index (κ1) is 18.3. The van der Waals surface area contributed by atoms with Crippen molar-refractivity contribution in [3.05, 3.63) is 64.7 Å². The Kier molecular flexibility index (Phi) is 5.78. The molecule has 0 atom stereocenters. The Morgan fingerprint density at radius 1 is 1.00 bits per heavy atom. The third kappa shape index (κ3) is 4.35. The fourth-order valence-electron chi connectivity index (χ4n) is 3.00. The lowest BCUT2D eigenvalue weighted by atomic mass is 10.1. The number of hydrogen-bond donors (Lipinski definition) is 0. The van der Waals surface area contributed by atoms with Crippen LogP contribution in [0.3, 0.4) is 0 Å². The molecule has 1 saturated heterocycles. The minimum absolute atomic E-state index is 0.0263. The van der Waals surface area contributed by atoms with E-state index in [1.54, 1.807) is 36.3 Å². The van der Waals surface area contributed by atoms with E-state index in [0.717, 1.165) is 11.3 Å². The van der Waals surface area contributed by atoms with Gasteiger partial charge in [-0.2, -0.15) is 0 Å². The molecule has 2 aromatic rings. The van der Waals surface area contributed by atoms with E-state index in [1.165, 1.54) is 0 Å². The van der Waals surface area contributed by atoms with E-state index in [0.29, 0.717) is 43.2 Å². The van der Waals surface area contributed by atoms with Crippen LogP contribution in [0.25, 0.3) is 0 Å². The predicted molar refractivity (Wildman–Crippen MR) is 101 cm³/mol. The topological polar surface area (TPSA) is 49.9 Å². The molecule has 1 aliphatic rings. The summed E-state index contributed by atoms with van der Waals surface area (Å²) in [5.74, 6) is 0.784. The largest absolute Gasteiger partial charge is 0.497 e. The van der Waals surface area contributed by atoms with Crippen LogP contribution in [-0.4, -0.2) is 54.9 Å². The molecule has 6 heteroatoms. The first-order chi connectivity index (χ1) is 12.6. The number of methoxy groups -OCH3 is 1. The highest BCUT2D eigenvalue weighted by Crippen LogP contribution is 2.16. The van der Waals surface area contributed by atoms with Crippen molar-refractivity contribution in [2.24, 2.45) is 0 Å². The first-order valence-electron chi connectivity index (χ1n) is 8.52. The number of piperazine rings is 1. The van der Waals surface area contributed by atoms with E-state index in [4.69, 9.17) is 16.3 Å². The zero-order valence-corrected chi connectivity index (χ0v) is 15.4. The summed E-state index contributed by atoms with van der Waals surface area (Å²) in [5.41, 5.74) is 1.54. The zero-order chi connectivity index (χ0) is 18.5. The molecule has 0 aromatic heterocycles. The molecular formula is C20H21ClN2O3. The van der Waals surface area contributed by atoms with Gasteiger partial charge in [0.05, 0.1) is 13.5 Å². The smallest absolute Gasteiger partial charge is 0.253 e. The maximum atomic E-state index is 12.5. The van der Waals surface area contributed by atoms with Gasteiger partial charge in [-0.1, -0.05) is 23.7 Å². The molecule has 3 rings (SSSR count). The third-order valence-corrected chi connectivity index (χ3v) is 4.75. The van der Waals surface area contributed by atoms with Gasteiger partial charge in [0.2, 0.25) is 5.91 Å². The maximum absolute atomic E-state index is 12.5. The van der Waals surface area contributed by atoms with Crippen LogP contribution in [0.2, 0.25) is 5.02 Å². The third-order valence-electron chi connectivity index (χ3n) is 4.50. The summed E-state index contributed by atoms with van der Waals surface area (Å²) in [5, 5.41) is 0.606. The number of nitrogens with zero attached hydrogens (tertiary/aromatic N) is 2. The molecule has 2 aromatic carbocycles. The number of halogens is 1. The Hall–Kier alpha value is -2.53. The second-order valence-corrected chi connectivity index (χ2v) is 6.64. The van der Waals surface area contributed by atoms with Crippen molar-refractivity contribution < 1.29 is 14.3 Å². The minimum Gasteiger partial charge on any atom is -0.497 e. The summed E-state index contributed by atoms with van der Waals surface area (Å²) in [4.78, 5) is 28.6. The average Bonchev–Trinajstić information content (AvgIpc) is 2.68. The van der Waals surface area contributed by atoms with Crippen LogP contribution >= 0.6 is 11.6 Å². The Labute approximate surface area is 158 Å². The predicted octanol–water partition coefficient (Wildman–Crippen LogP) is 2.88. The standard InChI is InChI=1S/C20H21ClN2O3/c1-26-18-4-2-3-15(13-18)14-19(24)22-9-11-23(12-10-22)20(25)16-5-7-17(21)8-6-16/h2-8,13H,9-12,14H2,1H3. The van der Waals surface area contributed by atoms with Crippen molar-refractivity contribution in [2.75, 3.05) is 33.3 Å². The molecule has 0 N–H and O–H groups in total. The van der Waals surface area contributed by atoms with E-state index in [1.807, 2.05) is 29.2 Å². The van der Waals surface area contributed by atoms with Gasteiger partial charge in [0, 0.05) is 36.8 Å². The van der Waals surface area contributed by atoms with Crippen LogP contribution in [0.4, 0.5) is 0 Å². The van der Waals surface area contributed by atoms with Crippen molar-refractivity contribution in [3.8, 4) is 5.75 Å². The summed E-state index contributed by atoms with van der Waals surface area (Å²) < 4.78 is 5.19. The molecule has 1 heterocycles. The molecular weight excluding hydrogens is 352 g/mol. The molecule has 0 unspecified atom stereocenters. The molecule has 0 radical (unpaired) electrons. The molecule has 0 saturated carbocycles. The summed E-state index contributed by atoms with van der Waals surface area (Å²) in [6.07, 6.45) is 0.336. The van der Waals surface area contributed by atoms with Gasteiger partial charge in [0.1, 0.15) is 5.75 Å². The molecule has 5 nitrogen and oxygen atoms in total. The summed E-state index contributed by atoms with van der Waals surface area (Å²) in [7, 11) is 1.61. The number of ether oxygens (including phenoxy) is 1. The number of hydrogen-bond acceptors (Lipinski definition) is 3. The molecule has 0 bridgehead atoms. The van der Waals surface area contributed by atoms with Crippen molar-refractivity contribution in [1.82, 2.24) is 9.80 Å². The lowest BCUT2D eigenvalue weighted by molar-refractivity contribution is -0.131. The van der Waals surface area contributed by atoms with E-state index >= 15 is 0 Å². The van der Waals surface area contributed by atoms with Gasteiger partial charge >= 0.3 is 0 Å². The van der Waals surface area contributed by atoms with Crippen molar-refractivity contribution in [2.45, 2.75) is 6.42 Å². The summed E-state index contributed by atoms with van der Waals surface area (Å²) in [6, 6.07) is 14.4. The number of amides is 2. The Bertz CT molecular complexity index is 784. The molecule has 136 valence electrons. The van der Waals surface area contributed by atoms with E-state index in [2.05, 4.69) is 0 Å². The molecule has 1 aliphatic heterocycles. The van der Waals surface area contributed by atoms with Crippen LogP contribution in [0.1, 0.15) is 15.9 Å². The molecule has 1 fully saturated rings. The van der Waals surface area contributed by atoms with E-state index < -0.39 is 0 Å². The van der Waals surface area contributed by atoms with Gasteiger partial charge < -0.3 is 14.5 Å². The van der Waals surface area contributed by atoms with Crippen LogP contribution in [-0.2, 0) is 11.2 Å². The van der Waals surface area contributed by atoms with Gasteiger partial charge in [-0.25, -0.2) is 0 Å². The molecule has 2 amide bonds. The van der Waals surface area contributed by atoms with E-state index in [9.17, 15) is 9.59 Å².